The zero-order valence-corrected chi connectivity index (χ0v) is 23.8. The Bertz CT molecular complexity index is 1540. The van der Waals surface area contributed by atoms with Gasteiger partial charge in [-0.25, -0.2) is 18.7 Å². The number of β-amino-alcohol motifs (C(OH)–C–C–N with tert-alkyl or cyclic N) is 1. The number of rotatable bonds is 13. The number of aliphatic hydroxyl groups excluding tert-OH is 1. The molecule has 1 fully saturated rings. The number of piperazine rings is 1. The molecule has 2 aromatic carbocycles. The minimum absolute atomic E-state index is 0.194. The Morgan fingerprint density at radius 3 is 2.63 bits per heavy atom. The average Bonchev–Trinajstić information content (AvgIpc) is 3.44. The monoisotopic (exact) mass is 596 g/mol. The molecule has 2 aromatic heterocycles. The van der Waals surface area contributed by atoms with E-state index in [0.29, 0.717) is 40.5 Å². The fourth-order valence-corrected chi connectivity index (χ4v) is 4.87. The predicted octanol–water partition coefficient (Wildman–Crippen LogP) is 2.87. The molecule has 4 aromatic rings. The van der Waals surface area contributed by atoms with E-state index in [1.54, 1.807) is 19.4 Å². The summed E-state index contributed by atoms with van der Waals surface area (Å²) in [5.74, 6) is -1.11. The van der Waals surface area contributed by atoms with Gasteiger partial charge >= 0.3 is 0 Å². The molecule has 0 spiro atoms. The summed E-state index contributed by atoms with van der Waals surface area (Å²) in [6, 6.07) is 7.18. The Balaban J connectivity index is 1.18. The van der Waals surface area contributed by atoms with Crippen LogP contribution in [0.5, 0.6) is 11.5 Å². The predicted molar refractivity (Wildman–Crippen MR) is 157 cm³/mol. The Morgan fingerprint density at radius 1 is 1.07 bits per heavy atom. The molecule has 1 saturated heterocycles. The van der Waals surface area contributed by atoms with Crippen LogP contribution < -0.4 is 20.1 Å². The molecule has 3 heterocycles. The maximum atomic E-state index is 13.9. The smallest absolute Gasteiger partial charge is 0.246 e. The van der Waals surface area contributed by atoms with Gasteiger partial charge in [-0.05, 0) is 24.6 Å². The fraction of sp³-hybridized carbons (Fsp3) is 0.379. The Labute approximate surface area is 247 Å². The average molecular weight is 597 g/mol. The summed E-state index contributed by atoms with van der Waals surface area (Å²) in [6.07, 6.45) is 5.40. The normalized spacial score (nSPS) is 14.1. The van der Waals surface area contributed by atoms with Crippen LogP contribution in [0.25, 0.3) is 10.9 Å². The van der Waals surface area contributed by atoms with E-state index >= 15 is 0 Å². The van der Waals surface area contributed by atoms with Gasteiger partial charge in [-0.15, -0.1) is 0 Å². The van der Waals surface area contributed by atoms with Crippen molar-refractivity contribution < 1.29 is 28.2 Å². The summed E-state index contributed by atoms with van der Waals surface area (Å²) in [5.41, 5.74) is 0.965. The van der Waals surface area contributed by atoms with E-state index in [1.807, 2.05) is 6.07 Å². The van der Waals surface area contributed by atoms with Gasteiger partial charge in [0.15, 0.2) is 23.1 Å². The number of methoxy groups -OCH3 is 1. The Hall–Kier alpha value is -4.40. The van der Waals surface area contributed by atoms with Gasteiger partial charge in [0.2, 0.25) is 5.91 Å². The van der Waals surface area contributed by atoms with E-state index in [-0.39, 0.29) is 18.8 Å². The molecule has 14 heteroatoms. The second-order valence-electron chi connectivity index (χ2n) is 10.1. The van der Waals surface area contributed by atoms with Crippen molar-refractivity contribution in [3.05, 3.63) is 60.7 Å². The van der Waals surface area contributed by atoms with E-state index in [0.717, 1.165) is 51.8 Å². The molecule has 1 amide bonds. The van der Waals surface area contributed by atoms with Crippen LogP contribution in [0.15, 0.2) is 49.1 Å². The number of aromatic nitrogens is 4. The summed E-state index contributed by atoms with van der Waals surface area (Å²) in [7, 11) is 1.57. The second kappa shape index (κ2) is 14.2. The van der Waals surface area contributed by atoms with Crippen molar-refractivity contribution in [3.63, 3.8) is 0 Å². The van der Waals surface area contributed by atoms with Gasteiger partial charge in [0, 0.05) is 56.9 Å². The number of nitrogens with zero attached hydrogens (tertiary/aromatic N) is 6. The SMILES string of the molecule is COc1cc2c(Nc3cnn(CC(=O)Nc4cccc(F)c4F)c3)ncnc2cc1OCCCN1CCN(CCO)CC1. The van der Waals surface area contributed by atoms with Gasteiger partial charge in [0.1, 0.15) is 18.7 Å². The number of carbonyl (C=O) groups excluding carboxylic acids is 1. The lowest BCUT2D eigenvalue weighted by Gasteiger charge is -2.34. The van der Waals surface area contributed by atoms with Crippen molar-refractivity contribution in [2.75, 3.05) is 70.2 Å². The number of amides is 1. The number of hydrogen-bond donors (Lipinski definition) is 3. The van der Waals surface area contributed by atoms with E-state index in [4.69, 9.17) is 14.6 Å². The lowest BCUT2D eigenvalue weighted by Crippen LogP contribution is -2.47. The molecule has 1 aliphatic rings. The number of carbonyl (C=O) groups is 1. The van der Waals surface area contributed by atoms with Gasteiger partial charge in [0.05, 0.1) is 43.4 Å². The standard InChI is InChI=1S/C29H34F2N8O4/c1-42-25-14-21-24(15-26(25)43-13-3-6-37-7-9-38(10-8-37)11-12-40)32-19-33-29(21)35-20-16-34-39(17-20)18-27(41)36-23-5-2-4-22(30)28(23)31/h2,4-5,14-17,19,40H,3,6-13,18H2,1H3,(H,36,41)(H,32,33,35). The lowest BCUT2D eigenvalue weighted by molar-refractivity contribution is -0.116. The first-order valence-corrected chi connectivity index (χ1v) is 14.0. The zero-order valence-electron chi connectivity index (χ0n) is 23.8. The molecule has 228 valence electrons. The summed E-state index contributed by atoms with van der Waals surface area (Å²) in [5, 5.41) is 19.5. The molecule has 1 aliphatic heterocycles. The summed E-state index contributed by atoms with van der Waals surface area (Å²) in [4.78, 5) is 25.8. The topological polar surface area (TPSA) is 130 Å². The molecule has 12 nitrogen and oxygen atoms in total. The molecule has 5 rings (SSSR count). The number of nitrogens with one attached hydrogen (secondary N) is 2. The van der Waals surface area contributed by atoms with E-state index < -0.39 is 17.5 Å². The molecule has 0 saturated carbocycles. The van der Waals surface area contributed by atoms with Crippen molar-refractivity contribution in [1.82, 2.24) is 29.5 Å². The van der Waals surface area contributed by atoms with Gasteiger partial charge in [0.25, 0.3) is 0 Å². The number of benzene rings is 2. The highest BCUT2D eigenvalue weighted by atomic mass is 19.2. The zero-order chi connectivity index (χ0) is 30.2. The maximum Gasteiger partial charge on any atom is 0.246 e. The van der Waals surface area contributed by atoms with Crippen molar-refractivity contribution in [1.29, 1.82) is 0 Å². The van der Waals surface area contributed by atoms with Crippen LogP contribution in [0.4, 0.5) is 26.0 Å². The van der Waals surface area contributed by atoms with Crippen molar-refractivity contribution in [2.45, 2.75) is 13.0 Å². The first-order chi connectivity index (χ1) is 20.9. The molecule has 0 unspecified atom stereocenters. The molecule has 43 heavy (non-hydrogen) atoms. The number of ether oxygens (including phenoxy) is 2. The van der Waals surface area contributed by atoms with Crippen LogP contribution >= 0.6 is 0 Å². The van der Waals surface area contributed by atoms with Crippen molar-refractivity contribution >= 4 is 34.0 Å². The first-order valence-electron chi connectivity index (χ1n) is 14.0. The maximum absolute atomic E-state index is 13.9. The van der Waals surface area contributed by atoms with Crippen LogP contribution in [0.3, 0.4) is 0 Å². The number of aliphatic hydroxyl groups is 1. The number of fused-ring (bicyclic) bond motifs is 1. The van der Waals surface area contributed by atoms with Gasteiger partial charge in [-0.3, -0.25) is 14.4 Å². The Kier molecular flexibility index (Phi) is 9.92. The Morgan fingerprint density at radius 2 is 1.86 bits per heavy atom. The molecular formula is C29H34F2N8O4. The fourth-order valence-electron chi connectivity index (χ4n) is 4.87. The highest BCUT2D eigenvalue weighted by Crippen LogP contribution is 2.34. The lowest BCUT2D eigenvalue weighted by atomic mass is 10.2. The van der Waals surface area contributed by atoms with E-state index in [9.17, 15) is 13.6 Å². The summed E-state index contributed by atoms with van der Waals surface area (Å²) >= 11 is 0. The van der Waals surface area contributed by atoms with Gasteiger partial charge in [-0.1, -0.05) is 6.07 Å². The molecule has 0 radical (unpaired) electrons. The number of anilines is 3. The molecular weight excluding hydrogens is 562 g/mol. The molecule has 0 aliphatic carbocycles. The third kappa shape index (κ3) is 7.71. The van der Waals surface area contributed by atoms with Crippen molar-refractivity contribution in [3.8, 4) is 11.5 Å². The van der Waals surface area contributed by atoms with Crippen LogP contribution in [-0.2, 0) is 11.3 Å². The van der Waals surface area contributed by atoms with Crippen molar-refractivity contribution in [2.24, 2.45) is 0 Å². The van der Waals surface area contributed by atoms with Crippen LogP contribution in [0, 0.1) is 11.6 Å². The second-order valence-corrected chi connectivity index (χ2v) is 10.1. The molecule has 3 N–H and O–H groups in total. The summed E-state index contributed by atoms with van der Waals surface area (Å²) < 4.78 is 40.3. The summed E-state index contributed by atoms with van der Waals surface area (Å²) in [6.45, 7) is 6.04. The minimum Gasteiger partial charge on any atom is -0.493 e. The van der Waals surface area contributed by atoms with Crippen LogP contribution in [-0.4, -0.2) is 100 Å². The largest absolute Gasteiger partial charge is 0.493 e. The molecule has 0 bridgehead atoms. The van der Waals surface area contributed by atoms with Crippen LogP contribution in [0.1, 0.15) is 6.42 Å². The van der Waals surface area contributed by atoms with Crippen LogP contribution in [0.2, 0.25) is 0 Å². The quantitative estimate of drug-likeness (QED) is 0.198. The van der Waals surface area contributed by atoms with Gasteiger partial charge < -0.3 is 30.1 Å². The number of hydrogen-bond acceptors (Lipinski definition) is 10. The van der Waals surface area contributed by atoms with E-state index in [1.165, 1.54) is 29.3 Å². The minimum atomic E-state index is -1.12. The third-order valence-electron chi connectivity index (χ3n) is 7.11. The highest BCUT2D eigenvalue weighted by Gasteiger charge is 2.17. The highest BCUT2D eigenvalue weighted by molar-refractivity contribution is 5.93. The first kappa shape index (κ1) is 30.1. The van der Waals surface area contributed by atoms with Gasteiger partial charge in [-0.2, -0.15) is 5.10 Å². The third-order valence-corrected chi connectivity index (χ3v) is 7.11. The number of halogens is 2. The van der Waals surface area contributed by atoms with E-state index in [2.05, 4.69) is 35.5 Å². The molecule has 0 atom stereocenters.